The van der Waals surface area contributed by atoms with Gasteiger partial charge in [0.1, 0.15) is 0 Å². The van der Waals surface area contributed by atoms with Crippen LogP contribution in [0.25, 0.3) is 0 Å². The first-order valence-corrected chi connectivity index (χ1v) is 7.06. The first-order valence-electron chi connectivity index (χ1n) is 6.25. The van der Waals surface area contributed by atoms with E-state index in [1.165, 1.54) is 11.3 Å². The summed E-state index contributed by atoms with van der Waals surface area (Å²) >= 11 is 1.31. The van der Waals surface area contributed by atoms with Crippen LogP contribution in [0, 0.1) is 30.1 Å². The fourth-order valence-corrected chi connectivity index (χ4v) is 2.45. The van der Waals surface area contributed by atoms with Crippen molar-refractivity contribution in [2.75, 3.05) is 11.9 Å². The van der Waals surface area contributed by atoms with Gasteiger partial charge >= 0.3 is 0 Å². The number of amides is 1. The number of hydrogen-bond donors (Lipinski definition) is 2. The number of thiophene rings is 1. The van der Waals surface area contributed by atoms with Crippen LogP contribution in [0.4, 0.5) is 5.69 Å². The van der Waals surface area contributed by atoms with Crippen LogP contribution < -0.4 is 11.1 Å². The van der Waals surface area contributed by atoms with Gasteiger partial charge in [-0.15, -0.1) is 11.3 Å². The molecule has 0 unspecified atom stereocenters. The summed E-state index contributed by atoms with van der Waals surface area (Å²) in [6.45, 7) is 2.17. The number of nitrogens with one attached hydrogen (secondary N) is 1. The minimum absolute atomic E-state index is 0.209. The van der Waals surface area contributed by atoms with Crippen LogP contribution >= 0.6 is 11.3 Å². The summed E-state index contributed by atoms with van der Waals surface area (Å²) in [5.74, 6) is 5.44. The summed E-state index contributed by atoms with van der Waals surface area (Å²) < 4.78 is 0. The summed E-state index contributed by atoms with van der Waals surface area (Å²) in [7, 11) is 0. The van der Waals surface area contributed by atoms with Crippen molar-refractivity contribution in [3.8, 4) is 17.9 Å². The highest BCUT2D eigenvalue weighted by molar-refractivity contribution is 7.14. The first kappa shape index (κ1) is 14.8. The predicted octanol–water partition coefficient (Wildman–Crippen LogP) is 2.49. The normalized spacial score (nSPS) is 9.38. The van der Waals surface area contributed by atoms with Crippen LogP contribution in [0.1, 0.15) is 25.7 Å². The molecule has 3 N–H and O–H groups in total. The molecule has 0 aliphatic carbocycles. The summed E-state index contributed by atoms with van der Waals surface area (Å²) in [4.78, 5) is 13.6. The molecular weight excluding hydrogens is 282 g/mol. The van der Waals surface area contributed by atoms with Crippen LogP contribution in [0.5, 0.6) is 0 Å². The lowest BCUT2D eigenvalue weighted by molar-refractivity contribution is 0.103. The van der Waals surface area contributed by atoms with Gasteiger partial charge in [-0.3, -0.25) is 4.79 Å². The smallest absolute Gasteiger partial charge is 0.265 e. The van der Waals surface area contributed by atoms with E-state index in [4.69, 9.17) is 11.0 Å². The average molecular weight is 295 g/mol. The van der Waals surface area contributed by atoms with Gasteiger partial charge in [0.05, 0.1) is 27.9 Å². The van der Waals surface area contributed by atoms with Crippen LogP contribution in [-0.4, -0.2) is 12.5 Å². The molecular formula is C16H13N3OS. The molecule has 0 atom stereocenters. The first-order chi connectivity index (χ1) is 10.1. The van der Waals surface area contributed by atoms with Crippen molar-refractivity contribution in [2.24, 2.45) is 5.73 Å². The second-order valence-corrected chi connectivity index (χ2v) is 5.35. The fraction of sp³-hybridized carbons (Fsp3) is 0.125. The Labute approximate surface area is 127 Å². The lowest BCUT2D eigenvalue weighted by Gasteiger charge is -2.07. The van der Waals surface area contributed by atoms with Crippen LogP contribution in [0.2, 0.25) is 0 Å². The van der Waals surface area contributed by atoms with E-state index in [-0.39, 0.29) is 5.91 Å². The topological polar surface area (TPSA) is 78.9 Å². The largest absolute Gasteiger partial charge is 0.321 e. The molecule has 0 radical (unpaired) electrons. The minimum atomic E-state index is -0.209. The zero-order chi connectivity index (χ0) is 15.2. The van der Waals surface area contributed by atoms with E-state index in [0.717, 1.165) is 10.4 Å². The van der Waals surface area contributed by atoms with Crippen molar-refractivity contribution >= 4 is 22.9 Å². The number of carbonyl (C=O) groups excluding carboxylic acids is 1. The molecule has 0 aliphatic heterocycles. The molecule has 0 saturated carbocycles. The molecule has 1 amide bonds. The standard InChI is InChI=1S/C16H13N3OS/c1-11-4-5-12(10-18)9-14(11)19-16(20)15-7-6-13(21-15)3-2-8-17/h4-7,9H,8,17H2,1H3,(H,19,20). The van der Waals surface area contributed by atoms with E-state index in [9.17, 15) is 4.79 Å². The molecule has 2 rings (SSSR count). The predicted molar refractivity (Wildman–Crippen MR) is 84.1 cm³/mol. The number of rotatable bonds is 2. The van der Waals surface area contributed by atoms with Crippen LogP contribution in [0.3, 0.4) is 0 Å². The van der Waals surface area contributed by atoms with Crippen LogP contribution in [0.15, 0.2) is 30.3 Å². The number of carbonyl (C=O) groups is 1. The van der Waals surface area contributed by atoms with E-state index >= 15 is 0 Å². The highest BCUT2D eigenvalue weighted by Crippen LogP contribution is 2.20. The van der Waals surface area contributed by atoms with Gasteiger partial charge in [0.15, 0.2) is 0 Å². The number of anilines is 1. The second-order valence-electron chi connectivity index (χ2n) is 4.27. The van der Waals surface area contributed by atoms with Gasteiger partial charge in [0.25, 0.3) is 5.91 Å². The molecule has 4 nitrogen and oxygen atoms in total. The number of aryl methyl sites for hydroxylation is 1. The average Bonchev–Trinajstić information content (AvgIpc) is 2.96. The maximum Gasteiger partial charge on any atom is 0.265 e. The molecule has 1 aromatic heterocycles. The van der Waals surface area contributed by atoms with Crippen molar-refractivity contribution in [3.63, 3.8) is 0 Å². The third-order valence-electron chi connectivity index (χ3n) is 2.76. The molecule has 21 heavy (non-hydrogen) atoms. The third-order valence-corrected chi connectivity index (χ3v) is 3.76. The summed E-state index contributed by atoms with van der Waals surface area (Å²) in [5, 5.41) is 11.7. The quantitative estimate of drug-likeness (QED) is 0.835. The molecule has 2 aromatic rings. The van der Waals surface area contributed by atoms with E-state index in [1.807, 2.05) is 6.92 Å². The summed E-state index contributed by atoms with van der Waals surface area (Å²) in [6, 6.07) is 10.8. The molecule has 5 heteroatoms. The van der Waals surface area contributed by atoms with Crippen molar-refractivity contribution < 1.29 is 4.79 Å². The Morgan fingerprint density at radius 2 is 2.19 bits per heavy atom. The molecule has 104 valence electrons. The minimum Gasteiger partial charge on any atom is -0.321 e. The van der Waals surface area contributed by atoms with Gasteiger partial charge < -0.3 is 11.1 Å². The van der Waals surface area contributed by atoms with E-state index in [2.05, 4.69) is 23.2 Å². The van der Waals surface area contributed by atoms with E-state index in [0.29, 0.717) is 22.7 Å². The SMILES string of the molecule is Cc1ccc(C#N)cc1NC(=O)c1ccc(C#CCN)s1. The van der Waals surface area contributed by atoms with Gasteiger partial charge in [-0.05, 0) is 36.8 Å². The number of benzene rings is 1. The number of hydrogen-bond acceptors (Lipinski definition) is 4. The zero-order valence-electron chi connectivity index (χ0n) is 11.4. The van der Waals surface area contributed by atoms with Gasteiger partial charge in [-0.2, -0.15) is 5.26 Å². The Balaban J connectivity index is 2.18. The van der Waals surface area contributed by atoms with E-state index < -0.39 is 0 Å². The van der Waals surface area contributed by atoms with Gasteiger partial charge in [0.2, 0.25) is 0 Å². The highest BCUT2D eigenvalue weighted by Gasteiger charge is 2.10. The Morgan fingerprint density at radius 3 is 2.90 bits per heavy atom. The Bertz CT molecular complexity index is 775. The Hall–Kier alpha value is -2.60. The molecule has 1 aromatic carbocycles. The van der Waals surface area contributed by atoms with Crippen LogP contribution in [-0.2, 0) is 0 Å². The summed E-state index contributed by atoms with van der Waals surface area (Å²) in [6.07, 6.45) is 0. The zero-order valence-corrected chi connectivity index (χ0v) is 12.3. The highest BCUT2D eigenvalue weighted by atomic mass is 32.1. The van der Waals surface area contributed by atoms with E-state index in [1.54, 1.807) is 30.3 Å². The van der Waals surface area contributed by atoms with Crippen molar-refractivity contribution in [1.29, 1.82) is 5.26 Å². The number of nitriles is 1. The molecule has 1 heterocycles. The molecule has 0 bridgehead atoms. The summed E-state index contributed by atoms with van der Waals surface area (Å²) in [5.41, 5.74) is 7.37. The second kappa shape index (κ2) is 6.71. The van der Waals surface area contributed by atoms with Gasteiger partial charge in [0, 0.05) is 5.69 Å². The van der Waals surface area contributed by atoms with Crippen molar-refractivity contribution in [3.05, 3.63) is 51.2 Å². The molecule has 0 fully saturated rings. The Kier molecular flexibility index (Phi) is 4.73. The maximum absolute atomic E-state index is 12.2. The molecule has 0 aliphatic rings. The molecule has 0 saturated heterocycles. The number of nitrogens with zero attached hydrogens (tertiary/aromatic N) is 1. The van der Waals surface area contributed by atoms with Gasteiger partial charge in [-0.25, -0.2) is 0 Å². The lowest BCUT2D eigenvalue weighted by atomic mass is 10.1. The monoisotopic (exact) mass is 295 g/mol. The Morgan fingerprint density at radius 1 is 1.38 bits per heavy atom. The molecule has 0 spiro atoms. The van der Waals surface area contributed by atoms with Crippen molar-refractivity contribution in [2.45, 2.75) is 6.92 Å². The fourth-order valence-electron chi connectivity index (χ4n) is 1.68. The maximum atomic E-state index is 12.2. The van der Waals surface area contributed by atoms with Crippen molar-refractivity contribution in [1.82, 2.24) is 0 Å². The van der Waals surface area contributed by atoms with Gasteiger partial charge in [-0.1, -0.05) is 17.9 Å². The third kappa shape index (κ3) is 3.70. The lowest BCUT2D eigenvalue weighted by Crippen LogP contribution is -2.11. The number of nitrogens with two attached hydrogens (primary N) is 1.